The van der Waals surface area contributed by atoms with Gasteiger partial charge < -0.3 is 9.64 Å². The van der Waals surface area contributed by atoms with Gasteiger partial charge in [0.25, 0.3) is 5.91 Å². The number of rotatable bonds is 6. The van der Waals surface area contributed by atoms with Gasteiger partial charge in [0.15, 0.2) is 0 Å². The Hall–Kier alpha value is -1.49. The number of ether oxygens (including phenoxy) is 1. The zero-order chi connectivity index (χ0) is 16.7. The normalized spacial score (nSPS) is 17.8. The molecule has 1 fully saturated rings. The van der Waals surface area contributed by atoms with Crippen molar-refractivity contribution in [2.75, 3.05) is 25.4 Å². The number of carbonyl (C=O) groups is 2. The Balaban J connectivity index is 2.09. The Labute approximate surface area is 142 Å². The SMILES string of the molecule is CCCSc1ccccc1C(=O)N1CCCC(C(=O)OCC)C1. The highest BCUT2D eigenvalue weighted by molar-refractivity contribution is 7.99. The largest absolute Gasteiger partial charge is 0.466 e. The van der Waals surface area contributed by atoms with E-state index < -0.39 is 0 Å². The number of piperidine rings is 1. The highest BCUT2D eigenvalue weighted by atomic mass is 32.2. The average molecular weight is 335 g/mol. The first-order chi connectivity index (χ1) is 11.2. The van der Waals surface area contributed by atoms with E-state index in [1.54, 1.807) is 16.7 Å². The van der Waals surface area contributed by atoms with Crippen molar-refractivity contribution in [3.8, 4) is 0 Å². The fourth-order valence-electron chi connectivity index (χ4n) is 2.77. The number of amides is 1. The van der Waals surface area contributed by atoms with Gasteiger partial charge in [0.05, 0.1) is 18.1 Å². The van der Waals surface area contributed by atoms with Crippen LogP contribution in [0.2, 0.25) is 0 Å². The average Bonchev–Trinajstić information content (AvgIpc) is 2.60. The summed E-state index contributed by atoms with van der Waals surface area (Å²) in [6.07, 6.45) is 2.72. The first-order valence-corrected chi connectivity index (χ1v) is 9.33. The number of hydrogen-bond donors (Lipinski definition) is 0. The van der Waals surface area contributed by atoms with Crippen molar-refractivity contribution in [2.45, 2.75) is 38.0 Å². The highest BCUT2D eigenvalue weighted by Crippen LogP contribution is 2.26. The van der Waals surface area contributed by atoms with E-state index in [4.69, 9.17) is 4.74 Å². The van der Waals surface area contributed by atoms with Gasteiger partial charge in [-0.1, -0.05) is 19.1 Å². The molecule has 1 unspecified atom stereocenters. The van der Waals surface area contributed by atoms with E-state index in [1.807, 2.05) is 31.2 Å². The van der Waals surface area contributed by atoms with Crippen LogP contribution in [0.4, 0.5) is 0 Å². The summed E-state index contributed by atoms with van der Waals surface area (Å²) in [5.41, 5.74) is 0.746. The van der Waals surface area contributed by atoms with E-state index in [2.05, 4.69) is 6.92 Å². The summed E-state index contributed by atoms with van der Waals surface area (Å²) in [5, 5.41) is 0. The minimum Gasteiger partial charge on any atom is -0.466 e. The van der Waals surface area contributed by atoms with Crippen LogP contribution in [0.3, 0.4) is 0 Å². The zero-order valence-electron chi connectivity index (χ0n) is 13.9. The molecule has 23 heavy (non-hydrogen) atoms. The fourth-order valence-corrected chi connectivity index (χ4v) is 3.68. The lowest BCUT2D eigenvalue weighted by atomic mass is 9.97. The summed E-state index contributed by atoms with van der Waals surface area (Å²) in [5.74, 6) is 0.649. The van der Waals surface area contributed by atoms with Gasteiger partial charge in [-0.25, -0.2) is 0 Å². The molecule has 126 valence electrons. The molecular weight excluding hydrogens is 310 g/mol. The van der Waals surface area contributed by atoms with Crippen molar-refractivity contribution in [1.29, 1.82) is 0 Å². The molecule has 1 aliphatic heterocycles. The lowest BCUT2D eigenvalue weighted by molar-refractivity contribution is -0.149. The smallest absolute Gasteiger partial charge is 0.310 e. The number of thioether (sulfide) groups is 1. The summed E-state index contributed by atoms with van der Waals surface area (Å²) in [6, 6.07) is 7.75. The summed E-state index contributed by atoms with van der Waals surface area (Å²) in [7, 11) is 0. The van der Waals surface area contributed by atoms with Crippen LogP contribution in [0.1, 0.15) is 43.5 Å². The van der Waals surface area contributed by atoms with Crippen LogP contribution in [0.15, 0.2) is 29.2 Å². The zero-order valence-corrected chi connectivity index (χ0v) is 14.7. The van der Waals surface area contributed by atoms with Gasteiger partial charge >= 0.3 is 5.97 Å². The first kappa shape index (κ1) is 17.9. The minimum absolute atomic E-state index is 0.0261. The number of benzene rings is 1. The standard InChI is InChI=1S/C18H25NO3S/c1-3-12-23-16-10-6-5-9-15(16)17(20)19-11-7-8-14(13-19)18(21)22-4-2/h5-6,9-10,14H,3-4,7-8,11-13H2,1-2H3. The van der Waals surface area contributed by atoms with Crippen molar-refractivity contribution in [3.05, 3.63) is 29.8 Å². The van der Waals surface area contributed by atoms with Crippen LogP contribution in [0, 0.1) is 5.92 Å². The van der Waals surface area contributed by atoms with Crippen molar-refractivity contribution in [3.63, 3.8) is 0 Å². The van der Waals surface area contributed by atoms with Gasteiger partial charge in [-0.15, -0.1) is 11.8 Å². The summed E-state index contributed by atoms with van der Waals surface area (Å²) < 4.78 is 5.11. The van der Waals surface area contributed by atoms with E-state index in [-0.39, 0.29) is 17.8 Å². The van der Waals surface area contributed by atoms with Crippen molar-refractivity contribution in [1.82, 2.24) is 4.90 Å². The van der Waals surface area contributed by atoms with Crippen molar-refractivity contribution in [2.24, 2.45) is 5.92 Å². The summed E-state index contributed by atoms with van der Waals surface area (Å²) >= 11 is 1.72. The van der Waals surface area contributed by atoms with Crippen LogP contribution < -0.4 is 0 Å². The molecule has 4 nitrogen and oxygen atoms in total. The van der Waals surface area contributed by atoms with Crippen molar-refractivity contribution < 1.29 is 14.3 Å². The Morgan fingerprint density at radius 2 is 2.09 bits per heavy atom. The van der Waals surface area contributed by atoms with Crippen LogP contribution >= 0.6 is 11.8 Å². The van der Waals surface area contributed by atoms with Gasteiger partial charge in [-0.3, -0.25) is 9.59 Å². The molecule has 1 amide bonds. The van der Waals surface area contributed by atoms with Gasteiger partial charge in [-0.2, -0.15) is 0 Å². The van der Waals surface area contributed by atoms with Crippen LogP contribution in [-0.2, 0) is 9.53 Å². The van der Waals surface area contributed by atoms with E-state index >= 15 is 0 Å². The molecule has 1 aromatic rings. The molecule has 0 bridgehead atoms. The fraction of sp³-hybridized carbons (Fsp3) is 0.556. The molecule has 0 aliphatic carbocycles. The molecule has 1 saturated heterocycles. The van der Waals surface area contributed by atoms with E-state index in [1.165, 1.54) is 0 Å². The van der Waals surface area contributed by atoms with Gasteiger partial charge in [0.2, 0.25) is 0 Å². The molecular formula is C18H25NO3S. The molecule has 1 atom stereocenters. The molecule has 0 N–H and O–H groups in total. The molecule has 1 aromatic carbocycles. The second kappa shape index (κ2) is 8.96. The molecule has 1 heterocycles. The summed E-state index contributed by atoms with van der Waals surface area (Å²) in [6.45, 7) is 5.50. The molecule has 0 radical (unpaired) electrons. The molecule has 0 spiro atoms. The molecule has 0 aromatic heterocycles. The Kier molecular flexibility index (Phi) is 6.96. The first-order valence-electron chi connectivity index (χ1n) is 8.35. The third-order valence-corrected chi connectivity index (χ3v) is 5.19. The topological polar surface area (TPSA) is 46.6 Å². The number of carbonyl (C=O) groups excluding carboxylic acids is 2. The lowest BCUT2D eigenvalue weighted by Gasteiger charge is -2.32. The minimum atomic E-state index is -0.192. The maximum atomic E-state index is 12.9. The second-order valence-corrected chi connectivity index (χ2v) is 6.82. The maximum Gasteiger partial charge on any atom is 0.310 e. The van der Waals surface area contributed by atoms with Crippen LogP contribution in [-0.4, -0.2) is 42.2 Å². The van der Waals surface area contributed by atoms with E-state index in [0.717, 1.165) is 35.5 Å². The third-order valence-electron chi connectivity index (χ3n) is 3.91. The quantitative estimate of drug-likeness (QED) is 0.588. The van der Waals surface area contributed by atoms with Crippen LogP contribution in [0.5, 0.6) is 0 Å². The second-order valence-electron chi connectivity index (χ2n) is 5.69. The highest BCUT2D eigenvalue weighted by Gasteiger charge is 2.30. The third kappa shape index (κ3) is 4.74. The van der Waals surface area contributed by atoms with E-state index in [0.29, 0.717) is 19.7 Å². The maximum absolute atomic E-state index is 12.9. The number of nitrogens with zero attached hydrogens (tertiary/aromatic N) is 1. The monoisotopic (exact) mass is 335 g/mol. The summed E-state index contributed by atoms with van der Waals surface area (Å²) in [4.78, 5) is 27.6. The van der Waals surface area contributed by atoms with Gasteiger partial charge in [-0.05, 0) is 44.1 Å². The van der Waals surface area contributed by atoms with Gasteiger partial charge in [0.1, 0.15) is 0 Å². The van der Waals surface area contributed by atoms with Crippen molar-refractivity contribution >= 4 is 23.6 Å². The predicted molar refractivity (Wildman–Crippen MR) is 92.7 cm³/mol. The molecule has 2 rings (SSSR count). The number of likely N-dealkylation sites (tertiary alicyclic amines) is 1. The van der Waals surface area contributed by atoms with Gasteiger partial charge in [0, 0.05) is 18.0 Å². The van der Waals surface area contributed by atoms with E-state index in [9.17, 15) is 9.59 Å². The lowest BCUT2D eigenvalue weighted by Crippen LogP contribution is -2.43. The Morgan fingerprint density at radius 3 is 2.83 bits per heavy atom. The Bertz CT molecular complexity index is 547. The Morgan fingerprint density at radius 1 is 1.30 bits per heavy atom. The number of hydrogen-bond acceptors (Lipinski definition) is 4. The predicted octanol–water partition coefficient (Wildman–Crippen LogP) is 3.60. The molecule has 1 aliphatic rings. The molecule has 5 heteroatoms. The molecule has 0 saturated carbocycles. The van der Waals surface area contributed by atoms with Crippen LogP contribution in [0.25, 0.3) is 0 Å². The number of esters is 1.